The number of rotatable bonds is 7. The molecule has 2 aromatic rings. The molecule has 0 saturated carbocycles. The van der Waals surface area contributed by atoms with E-state index in [4.69, 9.17) is 16.7 Å². The molecule has 1 heterocycles. The highest BCUT2D eigenvalue weighted by Gasteiger charge is 2.23. The van der Waals surface area contributed by atoms with Crippen LogP contribution in [0, 0.1) is 11.3 Å². The van der Waals surface area contributed by atoms with Crippen LogP contribution in [0.2, 0.25) is 5.02 Å². The van der Waals surface area contributed by atoms with Crippen LogP contribution in [0.25, 0.3) is 5.69 Å². The zero-order valence-electron chi connectivity index (χ0n) is 20.6. The van der Waals surface area contributed by atoms with E-state index in [2.05, 4.69) is 53.8 Å². The average Bonchev–Trinajstić information content (AvgIpc) is 3.04. The van der Waals surface area contributed by atoms with Gasteiger partial charge in [0.05, 0.1) is 17.9 Å². The predicted octanol–water partition coefficient (Wildman–Crippen LogP) is 5.68. The van der Waals surface area contributed by atoms with Crippen molar-refractivity contribution >= 4 is 29.2 Å². The van der Waals surface area contributed by atoms with Gasteiger partial charge < -0.3 is 10.2 Å². The molecule has 2 amide bonds. The van der Waals surface area contributed by atoms with Crippen LogP contribution >= 0.6 is 11.6 Å². The molecule has 1 unspecified atom stereocenters. The third-order valence-electron chi connectivity index (χ3n) is 5.11. The molecular weight excluding hydrogens is 424 g/mol. The summed E-state index contributed by atoms with van der Waals surface area (Å²) in [5, 5.41) is 8.26. The highest BCUT2D eigenvalue weighted by molar-refractivity contribution is 6.30. The van der Waals surface area contributed by atoms with Gasteiger partial charge in [-0.2, -0.15) is 5.10 Å². The minimum absolute atomic E-state index is 0.0162. The third-order valence-corrected chi connectivity index (χ3v) is 5.36. The number of likely N-dealkylation sites (N-methyl/N-ethyl adjacent to an activating group) is 1. The van der Waals surface area contributed by atoms with Crippen molar-refractivity contribution in [1.82, 2.24) is 14.7 Å². The van der Waals surface area contributed by atoms with Gasteiger partial charge in [-0.05, 0) is 42.0 Å². The quantitative estimate of drug-likeness (QED) is 0.577. The van der Waals surface area contributed by atoms with Gasteiger partial charge in [-0.15, -0.1) is 0 Å². The number of nitrogens with one attached hydrogen (secondary N) is 1. The Bertz CT molecular complexity index is 936. The second-order valence-electron chi connectivity index (χ2n) is 10.9. The van der Waals surface area contributed by atoms with Crippen LogP contribution in [0.3, 0.4) is 0 Å². The molecule has 0 aliphatic heterocycles. The van der Waals surface area contributed by atoms with Crippen molar-refractivity contribution in [2.24, 2.45) is 11.3 Å². The Balaban J connectivity index is 2.12. The lowest BCUT2D eigenvalue weighted by molar-refractivity contribution is -0.134. The number of benzene rings is 1. The van der Waals surface area contributed by atoms with Crippen LogP contribution in [-0.2, 0) is 15.0 Å². The van der Waals surface area contributed by atoms with E-state index < -0.39 is 0 Å². The van der Waals surface area contributed by atoms with Crippen LogP contribution in [0.15, 0.2) is 30.3 Å². The molecule has 1 aromatic carbocycles. The second kappa shape index (κ2) is 10.1. The van der Waals surface area contributed by atoms with Crippen LogP contribution in [0.5, 0.6) is 0 Å². The van der Waals surface area contributed by atoms with E-state index in [1.807, 2.05) is 18.2 Å². The summed E-state index contributed by atoms with van der Waals surface area (Å²) in [6.45, 7) is 14.8. The number of anilines is 1. The molecule has 32 heavy (non-hydrogen) atoms. The predicted molar refractivity (Wildman–Crippen MR) is 131 cm³/mol. The molecule has 0 spiro atoms. The second-order valence-corrected chi connectivity index (χ2v) is 11.4. The molecule has 0 radical (unpaired) electrons. The van der Waals surface area contributed by atoms with Crippen molar-refractivity contribution < 1.29 is 9.59 Å². The van der Waals surface area contributed by atoms with Crippen molar-refractivity contribution in [2.75, 3.05) is 18.9 Å². The fourth-order valence-electron chi connectivity index (χ4n) is 3.67. The molecule has 2 rings (SSSR count). The highest BCUT2D eigenvalue weighted by atomic mass is 35.5. The zero-order valence-corrected chi connectivity index (χ0v) is 21.4. The van der Waals surface area contributed by atoms with Gasteiger partial charge in [-0.3, -0.25) is 9.59 Å². The van der Waals surface area contributed by atoms with Crippen molar-refractivity contribution in [3.05, 3.63) is 41.0 Å². The first-order chi connectivity index (χ1) is 14.7. The molecule has 1 aromatic heterocycles. The van der Waals surface area contributed by atoms with E-state index in [9.17, 15) is 9.59 Å². The topological polar surface area (TPSA) is 67.2 Å². The van der Waals surface area contributed by atoms with Crippen LogP contribution in [0.1, 0.15) is 67.0 Å². The monoisotopic (exact) mass is 460 g/mol. The molecule has 0 fully saturated rings. The zero-order chi connectivity index (χ0) is 24.3. The van der Waals surface area contributed by atoms with E-state index in [-0.39, 0.29) is 35.1 Å². The molecule has 176 valence electrons. The smallest absolute Gasteiger partial charge is 0.245 e. The first-order valence-corrected chi connectivity index (χ1v) is 11.4. The summed E-state index contributed by atoms with van der Waals surface area (Å²) in [5.41, 5.74) is 1.62. The van der Waals surface area contributed by atoms with Crippen molar-refractivity contribution in [3.8, 4) is 5.69 Å². The number of hydrogen-bond donors (Lipinski definition) is 1. The van der Waals surface area contributed by atoms with Crippen LogP contribution in [0.4, 0.5) is 5.82 Å². The van der Waals surface area contributed by atoms with Gasteiger partial charge in [-0.25, -0.2) is 4.68 Å². The first kappa shape index (κ1) is 25.9. The van der Waals surface area contributed by atoms with Gasteiger partial charge in [0.2, 0.25) is 11.8 Å². The Morgan fingerprint density at radius 3 is 2.25 bits per heavy atom. The summed E-state index contributed by atoms with van der Waals surface area (Å²) in [4.78, 5) is 26.9. The van der Waals surface area contributed by atoms with Crippen LogP contribution in [-0.4, -0.2) is 40.1 Å². The number of carbonyl (C=O) groups is 2. The maximum absolute atomic E-state index is 12.8. The fraction of sp³-hybridized carbons (Fsp3) is 0.560. The standard InChI is InChI=1S/C25H37ClN4O2/c1-17(15-24(2,3)4)13-23(32)29(8)16-22(31)27-21-14-20(25(5,6)7)28-30(21)19-11-9-18(26)10-12-19/h9-12,14,17H,13,15-16H2,1-8H3,(H,27,31). The van der Waals surface area contributed by atoms with Crippen molar-refractivity contribution in [3.63, 3.8) is 0 Å². The molecule has 1 atom stereocenters. The summed E-state index contributed by atoms with van der Waals surface area (Å²) in [7, 11) is 1.67. The Labute approximate surface area is 197 Å². The Kier molecular flexibility index (Phi) is 8.16. The van der Waals surface area contributed by atoms with E-state index in [1.165, 1.54) is 4.90 Å². The SMILES string of the molecule is CC(CC(=O)N(C)CC(=O)Nc1cc(C(C)(C)C)nn1-c1ccc(Cl)cc1)CC(C)(C)C. The lowest BCUT2D eigenvalue weighted by atomic mass is 9.84. The Morgan fingerprint density at radius 1 is 1.12 bits per heavy atom. The maximum Gasteiger partial charge on any atom is 0.245 e. The number of carbonyl (C=O) groups excluding carboxylic acids is 2. The summed E-state index contributed by atoms with van der Waals surface area (Å²) in [6.07, 6.45) is 1.38. The molecule has 7 heteroatoms. The molecule has 0 aliphatic rings. The Hall–Kier alpha value is -2.34. The van der Waals surface area contributed by atoms with Crippen LogP contribution < -0.4 is 5.32 Å². The molecule has 6 nitrogen and oxygen atoms in total. The first-order valence-electron chi connectivity index (χ1n) is 11.1. The fourth-order valence-corrected chi connectivity index (χ4v) is 3.80. The average molecular weight is 461 g/mol. The Morgan fingerprint density at radius 2 is 1.72 bits per heavy atom. The number of aromatic nitrogens is 2. The number of amides is 2. The number of hydrogen-bond acceptors (Lipinski definition) is 3. The number of nitrogens with zero attached hydrogens (tertiary/aromatic N) is 3. The molecule has 0 bridgehead atoms. The van der Waals surface area contributed by atoms with Gasteiger partial charge in [0.15, 0.2) is 0 Å². The molecule has 0 aliphatic carbocycles. The molecule has 1 N–H and O–H groups in total. The minimum Gasteiger partial charge on any atom is -0.336 e. The van der Waals surface area contributed by atoms with Crippen molar-refractivity contribution in [1.29, 1.82) is 0 Å². The van der Waals surface area contributed by atoms with Gasteiger partial charge >= 0.3 is 0 Å². The third kappa shape index (κ3) is 7.66. The van der Waals surface area contributed by atoms with Gasteiger partial charge in [0.1, 0.15) is 5.82 Å². The summed E-state index contributed by atoms with van der Waals surface area (Å²) >= 11 is 6.02. The highest BCUT2D eigenvalue weighted by Crippen LogP contribution is 2.28. The largest absolute Gasteiger partial charge is 0.336 e. The lowest BCUT2D eigenvalue weighted by Crippen LogP contribution is -2.36. The number of halogens is 1. The summed E-state index contributed by atoms with van der Waals surface area (Å²) < 4.78 is 1.70. The van der Waals surface area contributed by atoms with Gasteiger partial charge in [0.25, 0.3) is 0 Å². The van der Waals surface area contributed by atoms with Gasteiger partial charge in [-0.1, -0.05) is 60.1 Å². The minimum atomic E-state index is -0.264. The van der Waals surface area contributed by atoms with E-state index in [0.29, 0.717) is 17.3 Å². The molecular formula is C25H37ClN4O2. The van der Waals surface area contributed by atoms with E-state index in [0.717, 1.165) is 17.8 Å². The summed E-state index contributed by atoms with van der Waals surface area (Å²) in [6, 6.07) is 9.14. The van der Waals surface area contributed by atoms with Gasteiger partial charge in [0, 0.05) is 30.0 Å². The summed E-state index contributed by atoms with van der Waals surface area (Å²) in [5.74, 6) is 0.524. The maximum atomic E-state index is 12.8. The van der Waals surface area contributed by atoms with E-state index >= 15 is 0 Å². The van der Waals surface area contributed by atoms with Crippen molar-refractivity contribution in [2.45, 2.75) is 66.7 Å². The lowest BCUT2D eigenvalue weighted by Gasteiger charge is -2.24. The van der Waals surface area contributed by atoms with E-state index in [1.54, 1.807) is 23.9 Å². The molecule has 0 saturated heterocycles. The normalized spacial score (nSPS) is 13.0.